The molecule has 4 aromatic carbocycles. The third-order valence-corrected chi connectivity index (χ3v) is 22.8. The van der Waals surface area contributed by atoms with Crippen molar-refractivity contribution in [1.82, 2.24) is 0 Å². The van der Waals surface area contributed by atoms with Crippen molar-refractivity contribution in [3.8, 4) is 23.0 Å². The molecule has 28 atom stereocenters. The van der Waals surface area contributed by atoms with Crippen LogP contribution in [0.5, 0.6) is 23.0 Å². The highest BCUT2D eigenvalue weighted by atomic mass is 19.1. The number of aliphatic hydroxyl groups excluding tert-OH is 8. The number of halogens is 4. The maximum atomic E-state index is 13.1. The molecule has 0 amide bonds. The zero-order valence-corrected chi connectivity index (χ0v) is 80.0. The molecule has 141 heavy (non-hydrogen) atoms. The van der Waals surface area contributed by atoms with Crippen LogP contribution in [0.15, 0.2) is 97.1 Å². The number of aliphatic hydroxyl groups is 8. The number of rotatable bonds is 28. The van der Waals surface area contributed by atoms with E-state index in [1.54, 1.807) is 0 Å². The fourth-order valence-corrected chi connectivity index (χ4v) is 15.3. The third-order valence-electron chi connectivity index (χ3n) is 22.8. The first-order valence-corrected chi connectivity index (χ1v) is 46.3. The van der Waals surface area contributed by atoms with Crippen molar-refractivity contribution in [1.29, 1.82) is 0 Å². The van der Waals surface area contributed by atoms with Crippen LogP contribution in [0.1, 0.15) is 94.9 Å². The lowest BCUT2D eigenvalue weighted by molar-refractivity contribution is -0.261. The van der Waals surface area contributed by atoms with E-state index in [1.807, 2.05) is 27.7 Å². The molecular weight excluding hydrogens is 1900 g/mol. The molecule has 798 valence electrons. The number of carbonyl (C=O) groups excluding carboxylic acids is 4. The molecule has 11 aliphatic rings. The average Bonchev–Trinajstić information content (AvgIpc) is 1.69. The standard InChI is InChI=1S/C22H24F2O7.C19H20F2O6.C15H22O10.C12H22O5.C9H14O6.C9H18O4.C7H14O6/c1-2-25-22-30-20-18(11-26-16-7-3-14(23)4-8-16)28-13-29-19(21(20)31-22)12-27-17-9-5-15(24)6-10-17;20-12-1-5-14(6-2-12)24-9-16-18(22)19(23)17(27-11-26-16)10-25-15-7-3-13(21)4-8-15;1-8(16)20-5-12-14(24-10(3)18)15(25-11(4)19)13(23-7-22-12)6-21-9(2)17;1-4-8-10-11(9(5-2)15-7-14-8)17-12(16-10)13-6-3;1-6-8(14-3-10-1)9-7(13-5-12-6)2-11-4-15-9;1-3-6-8(10)9(11)7(4-2)13-5-12-6;8-1-4-6(10)7(11)5(2-9)13-3-12-4/h3-10,18-22H,2,11-13H2,1H3;1-8,16-19,22-23H,9-11H2;12-15H,5-7H2,1-4H3;8-12H,4-7H2,1-3H3;6-9H,1-5H2;6-11H,3-5H2,1-2H3;4-11H,1-3H2/t18-,19-,20-,21-;16-,17-,18-,19-;12-,13-,14-,15-;8-,9-,10-,11-;6-,7-,8-,9?;6-,7-,8-,9-;4-,5-,6-,7-/m0000000/s1. The number of fused-ring (bicyclic) bond motifs is 5. The molecule has 0 bridgehead atoms. The second-order valence-electron chi connectivity index (χ2n) is 32.6. The second-order valence-corrected chi connectivity index (χ2v) is 32.6. The monoisotopic (exact) mass is 2030 g/mol. The SMILES string of the molecule is C1OC[C@@H]2OCO[C@H]3COCO[C@@H]3C2O1.CC(=O)OC[C@@H]1OCO[C@@H](COC(C)=O)[C@H](OC(C)=O)[C@H]1OC(C)=O.CCOC1O[C@@H]2[C@@H](O1)[C@H](CC)OCO[C@H]2CC.CCOC1O[C@@H]2[C@@H](O1)[C@H](COc1ccc(F)cc1)OCO[C@H]2COc1ccc(F)cc1.CC[C@@H]1OCO[C@@H](CC)[C@H](O)[C@H]1O.OC[C@@H]1OCO[C@@H](CO)[C@H](O)[C@H]1O.O[C@@H]1[C@@H](O)[C@H](COc2ccc(F)cc2)OCO[C@H]1COc1ccc(F)cc1. The minimum atomic E-state index is -1.28. The van der Waals surface area contributed by atoms with Gasteiger partial charge in [0.1, 0.15) is 281 Å². The summed E-state index contributed by atoms with van der Waals surface area (Å²) in [4.78, 5) is 45.0. The highest BCUT2D eigenvalue weighted by molar-refractivity contribution is 5.68. The molecule has 48 heteroatoms. The highest BCUT2D eigenvalue weighted by Gasteiger charge is 2.52. The molecule has 1 unspecified atom stereocenters. The van der Waals surface area contributed by atoms with Gasteiger partial charge in [-0.05, 0) is 137 Å². The van der Waals surface area contributed by atoms with Crippen LogP contribution in [-0.4, -0.2) is 389 Å². The molecule has 4 aromatic rings. The van der Waals surface area contributed by atoms with E-state index in [0.717, 1.165) is 12.8 Å². The van der Waals surface area contributed by atoms with Gasteiger partial charge in [-0.1, -0.05) is 27.7 Å². The minimum Gasteiger partial charge on any atom is -0.491 e. The van der Waals surface area contributed by atoms with Gasteiger partial charge < -0.3 is 192 Å². The van der Waals surface area contributed by atoms with Crippen molar-refractivity contribution < 1.29 is 229 Å². The Labute approximate surface area is 812 Å². The Hall–Kier alpha value is -7.60. The van der Waals surface area contributed by atoms with E-state index in [9.17, 15) is 67.4 Å². The Bertz CT molecular complexity index is 3860. The molecule has 0 aliphatic carbocycles. The van der Waals surface area contributed by atoms with E-state index < -0.39 is 160 Å². The average molecular weight is 2030 g/mol. The molecule has 15 rings (SSSR count). The quantitative estimate of drug-likeness (QED) is 0.0228. The summed E-state index contributed by atoms with van der Waals surface area (Å²) in [5, 5.41) is 76.3. The normalized spacial score (nSPS) is 32.6. The van der Waals surface area contributed by atoms with Gasteiger partial charge in [0.25, 0.3) is 13.0 Å². The number of carbonyl (C=O) groups is 4. The van der Waals surface area contributed by atoms with Gasteiger partial charge in [-0.15, -0.1) is 0 Å². The van der Waals surface area contributed by atoms with Crippen LogP contribution >= 0.6 is 0 Å². The van der Waals surface area contributed by atoms with Gasteiger partial charge in [0.05, 0.1) is 50.8 Å². The number of hydrogen-bond acceptors (Lipinski definition) is 44. The van der Waals surface area contributed by atoms with Gasteiger partial charge in [-0.3, -0.25) is 19.2 Å². The first-order valence-electron chi connectivity index (χ1n) is 46.3. The smallest absolute Gasteiger partial charge is 0.303 e. The molecule has 44 nitrogen and oxygen atoms in total. The Kier molecular flexibility index (Phi) is 51.8. The first kappa shape index (κ1) is 117. The zero-order chi connectivity index (χ0) is 102. The van der Waals surface area contributed by atoms with Gasteiger partial charge in [-0.25, -0.2) is 17.6 Å². The van der Waals surface area contributed by atoms with Gasteiger partial charge in [0.15, 0.2) is 12.2 Å². The Morgan fingerprint density at radius 1 is 0.291 bits per heavy atom. The third kappa shape index (κ3) is 37.7. The topological polar surface area (TPSA) is 525 Å². The number of hydrogen-bond donors (Lipinski definition) is 8. The van der Waals surface area contributed by atoms with Crippen molar-refractivity contribution in [2.45, 2.75) is 279 Å². The van der Waals surface area contributed by atoms with E-state index in [-0.39, 0.29) is 178 Å². The Morgan fingerprint density at radius 2 is 0.539 bits per heavy atom. The van der Waals surface area contributed by atoms with E-state index in [1.165, 1.54) is 125 Å². The number of esters is 4. The summed E-state index contributed by atoms with van der Waals surface area (Å²) in [6.45, 7) is 16.6. The van der Waals surface area contributed by atoms with Crippen molar-refractivity contribution >= 4 is 23.9 Å². The van der Waals surface area contributed by atoms with Crippen molar-refractivity contribution in [3.63, 3.8) is 0 Å². The van der Waals surface area contributed by atoms with Gasteiger partial charge in [0, 0.05) is 40.9 Å². The van der Waals surface area contributed by atoms with Crippen LogP contribution in [0.2, 0.25) is 0 Å². The number of ether oxygens (including phenoxy) is 32. The van der Waals surface area contributed by atoms with E-state index in [0.29, 0.717) is 69.1 Å². The summed E-state index contributed by atoms with van der Waals surface area (Å²) in [5.41, 5.74) is 0. The molecule has 11 saturated heterocycles. The van der Waals surface area contributed by atoms with Gasteiger partial charge in [-0.2, -0.15) is 0 Å². The van der Waals surface area contributed by atoms with E-state index in [2.05, 4.69) is 13.8 Å². The predicted octanol–water partition coefficient (Wildman–Crippen LogP) is 3.70. The van der Waals surface area contributed by atoms with Gasteiger partial charge in [0.2, 0.25) is 0 Å². The van der Waals surface area contributed by atoms with Crippen LogP contribution in [0, 0.1) is 23.3 Å². The van der Waals surface area contributed by atoms with Crippen molar-refractivity contribution in [2.75, 3.05) is 140 Å². The van der Waals surface area contributed by atoms with Crippen LogP contribution in [0.25, 0.3) is 0 Å². The lowest BCUT2D eigenvalue weighted by Gasteiger charge is -2.37. The van der Waals surface area contributed by atoms with Gasteiger partial charge >= 0.3 is 23.9 Å². The zero-order valence-electron chi connectivity index (χ0n) is 80.0. The summed E-state index contributed by atoms with van der Waals surface area (Å²) in [7, 11) is 0. The second kappa shape index (κ2) is 62.4. The molecule has 11 fully saturated rings. The maximum absolute atomic E-state index is 13.1. The molecule has 0 radical (unpaired) electrons. The molecule has 11 heterocycles. The highest BCUT2D eigenvalue weighted by Crippen LogP contribution is 2.36. The van der Waals surface area contributed by atoms with E-state index in [4.69, 9.17) is 162 Å². The summed E-state index contributed by atoms with van der Waals surface area (Å²) >= 11 is 0. The van der Waals surface area contributed by atoms with Crippen LogP contribution in [0.3, 0.4) is 0 Å². The summed E-state index contributed by atoms with van der Waals surface area (Å²) in [5.74, 6) is -2.09. The fourth-order valence-electron chi connectivity index (χ4n) is 15.3. The van der Waals surface area contributed by atoms with Crippen LogP contribution < -0.4 is 18.9 Å². The molecule has 0 saturated carbocycles. The lowest BCUT2D eigenvalue weighted by Crippen LogP contribution is -2.54. The molecule has 0 spiro atoms. The molecular formula is C93H134F4O44. The maximum Gasteiger partial charge on any atom is 0.303 e. The fraction of sp³-hybridized carbons (Fsp3) is 0.699. The predicted molar refractivity (Wildman–Crippen MR) is 467 cm³/mol. The molecule has 0 aromatic heterocycles. The Morgan fingerprint density at radius 3 is 0.823 bits per heavy atom. The minimum absolute atomic E-state index is 0.0157. The van der Waals surface area contributed by atoms with Crippen LogP contribution in [0.4, 0.5) is 17.6 Å². The summed E-state index contributed by atoms with van der Waals surface area (Å²) < 4.78 is 226. The van der Waals surface area contributed by atoms with Crippen molar-refractivity contribution in [3.05, 3.63) is 120 Å². The molecule has 8 N–H and O–H groups in total. The van der Waals surface area contributed by atoms with Crippen LogP contribution in [-0.2, 0) is 152 Å². The number of benzene rings is 4. The van der Waals surface area contributed by atoms with Crippen molar-refractivity contribution in [2.24, 2.45) is 0 Å². The first-order chi connectivity index (χ1) is 68.0. The summed E-state index contributed by atoms with van der Waals surface area (Å²) in [6, 6.07) is 22.2. The lowest BCUT2D eigenvalue weighted by atomic mass is 10.0. The van der Waals surface area contributed by atoms with E-state index >= 15 is 0 Å². The largest absolute Gasteiger partial charge is 0.491 e. The Balaban J connectivity index is 0.000000188. The molecule has 11 aliphatic heterocycles. The summed E-state index contributed by atoms with van der Waals surface area (Å²) in [6.07, 6.45) is -14.5.